The Bertz CT molecular complexity index is 626. The van der Waals surface area contributed by atoms with E-state index in [1.807, 2.05) is 0 Å². The summed E-state index contributed by atoms with van der Waals surface area (Å²) >= 11 is 7.81. The Morgan fingerprint density at radius 1 is 1.50 bits per heavy atom. The maximum atomic E-state index is 13.1. The maximum absolute atomic E-state index is 13.1. The second kappa shape index (κ2) is 5.80. The normalized spacial score (nSPS) is 18.1. The Morgan fingerprint density at radius 3 is 3.10 bits per heavy atom. The fraction of sp³-hybridized carbons (Fsp3) is 0.400. The molecule has 0 aliphatic heterocycles. The van der Waals surface area contributed by atoms with E-state index in [-0.39, 0.29) is 5.82 Å². The van der Waals surface area contributed by atoms with Crippen molar-refractivity contribution in [2.24, 2.45) is 0 Å². The lowest BCUT2D eigenvalue weighted by atomic mass is 9.98. The number of benzene rings is 1. The number of nitrogens with zero attached hydrogens (tertiary/aromatic N) is 1. The van der Waals surface area contributed by atoms with Gasteiger partial charge < -0.3 is 5.32 Å². The third-order valence-electron chi connectivity index (χ3n) is 3.56. The molecule has 0 bridgehead atoms. The van der Waals surface area contributed by atoms with Crippen LogP contribution in [0, 0.1) is 5.82 Å². The Hall–Kier alpha value is -0.970. The first kappa shape index (κ1) is 14.0. The molecule has 1 atom stereocenters. The molecule has 20 heavy (non-hydrogen) atoms. The van der Waals surface area contributed by atoms with Crippen LogP contribution in [-0.2, 0) is 6.42 Å². The number of rotatable bonds is 3. The first-order valence-corrected chi connectivity index (χ1v) is 8.07. The summed E-state index contributed by atoms with van der Waals surface area (Å²) < 4.78 is 13.1. The van der Waals surface area contributed by atoms with Crippen LogP contribution in [0.1, 0.15) is 36.4 Å². The lowest BCUT2D eigenvalue weighted by molar-refractivity contribution is 0.476. The van der Waals surface area contributed by atoms with E-state index in [9.17, 15) is 4.39 Å². The van der Waals surface area contributed by atoms with Crippen molar-refractivity contribution in [1.82, 2.24) is 10.3 Å². The van der Waals surface area contributed by atoms with Gasteiger partial charge in [-0.1, -0.05) is 18.5 Å². The van der Waals surface area contributed by atoms with Crippen LogP contribution in [-0.4, -0.2) is 11.5 Å². The number of fused-ring (bicyclic) bond motifs is 1. The van der Waals surface area contributed by atoms with Crippen molar-refractivity contribution in [3.63, 3.8) is 0 Å². The van der Waals surface area contributed by atoms with Crippen molar-refractivity contribution in [3.8, 4) is 10.6 Å². The van der Waals surface area contributed by atoms with E-state index in [4.69, 9.17) is 16.6 Å². The van der Waals surface area contributed by atoms with E-state index in [0.717, 1.165) is 36.4 Å². The van der Waals surface area contributed by atoms with Crippen LogP contribution in [0.25, 0.3) is 10.6 Å². The monoisotopic (exact) mass is 310 g/mol. The minimum absolute atomic E-state index is 0.314. The van der Waals surface area contributed by atoms with Gasteiger partial charge in [0.15, 0.2) is 0 Å². The largest absolute Gasteiger partial charge is 0.309 e. The molecule has 1 heterocycles. The fourth-order valence-electron chi connectivity index (χ4n) is 2.64. The summed E-state index contributed by atoms with van der Waals surface area (Å²) in [6.45, 7) is 3.07. The topological polar surface area (TPSA) is 24.9 Å². The second-order valence-electron chi connectivity index (χ2n) is 4.96. The second-order valence-corrected chi connectivity index (χ2v) is 6.39. The zero-order chi connectivity index (χ0) is 14.1. The van der Waals surface area contributed by atoms with Gasteiger partial charge in [0.1, 0.15) is 10.8 Å². The molecular weight excluding hydrogens is 295 g/mol. The highest BCUT2D eigenvalue weighted by Crippen LogP contribution is 2.39. The number of thiazole rings is 1. The number of hydrogen-bond donors (Lipinski definition) is 1. The third-order valence-corrected chi connectivity index (χ3v) is 5.12. The van der Waals surface area contributed by atoms with Crippen LogP contribution in [0.3, 0.4) is 0 Å². The van der Waals surface area contributed by atoms with Gasteiger partial charge >= 0.3 is 0 Å². The number of aromatic nitrogens is 1. The van der Waals surface area contributed by atoms with Crippen LogP contribution >= 0.6 is 22.9 Å². The summed E-state index contributed by atoms with van der Waals surface area (Å²) in [5.74, 6) is -0.314. The van der Waals surface area contributed by atoms with E-state index in [1.165, 1.54) is 22.7 Å². The molecule has 0 saturated heterocycles. The van der Waals surface area contributed by atoms with Crippen LogP contribution in [0.2, 0.25) is 5.02 Å². The SMILES string of the molecule is CCNC1CCCc2nc(-c3ccc(F)cc3Cl)sc21. The van der Waals surface area contributed by atoms with Crippen molar-refractivity contribution < 1.29 is 4.39 Å². The molecule has 1 aliphatic carbocycles. The van der Waals surface area contributed by atoms with E-state index >= 15 is 0 Å². The first-order valence-electron chi connectivity index (χ1n) is 6.87. The Labute approximate surface area is 127 Å². The average molecular weight is 311 g/mol. The molecule has 0 fully saturated rings. The zero-order valence-electron chi connectivity index (χ0n) is 11.2. The number of halogens is 2. The summed E-state index contributed by atoms with van der Waals surface area (Å²) in [5.41, 5.74) is 1.99. The predicted molar refractivity (Wildman–Crippen MR) is 81.9 cm³/mol. The highest BCUT2D eigenvalue weighted by molar-refractivity contribution is 7.15. The van der Waals surface area contributed by atoms with Gasteiger partial charge in [-0.15, -0.1) is 11.3 Å². The number of nitrogens with one attached hydrogen (secondary N) is 1. The summed E-state index contributed by atoms with van der Waals surface area (Å²) in [4.78, 5) is 6.03. The smallest absolute Gasteiger partial charge is 0.125 e. The van der Waals surface area contributed by atoms with Gasteiger partial charge in [0.25, 0.3) is 0 Å². The summed E-state index contributed by atoms with van der Waals surface area (Å²) in [6, 6.07) is 4.89. The molecule has 2 aromatic rings. The van der Waals surface area contributed by atoms with E-state index in [2.05, 4.69) is 12.2 Å². The van der Waals surface area contributed by atoms with Gasteiger partial charge in [-0.25, -0.2) is 9.37 Å². The van der Waals surface area contributed by atoms with Gasteiger partial charge in [-0.05, 0) is 44.0 Å². The standard InChI is InChI=1S/C15H16ClFN2S/c1-2-18-12-4-3-5-13-14(12)20-15(19-13)10-7-6-9(17)8-11(10)16/h6-8,12,18H,2-5H2,1H3. The van der Waals surface area contributed by atoms with E-state index in [0.29, 0.717) is 11.1 Å². The molecule has 5 heteroatoms. The minimum Gasteiger partial charge on any atom is -0.309 e. The van der Waals surface area contributed by atoms with Gasteiger partial charge in [-0.2, -0.15) is 0 Å². The maximum Gasteiger partial charge on any atom is 0.125 e. The van der Waals surface area contributed by atoms with Crippen molar-refractivity contribution in [2.45, 2.75) is 32.2 Å². The Kier molecular flexibility index (Phi) is 4.06. The lowest BCUT2D eigenvalue weighted by Gasteiger charge is -2.21. The molecule has 0 radical (unpaired) electrons. The summed E-state index contributed by atoms with van der Waals surface area (Å²) in [7, 11) is 0. The third kappa shape index (κ3) is 2.60. The van der Waals surface area contributed by atoms with Crippen molar-refractivity contribution in [2.75, 3.05) is 6.54 Å². The molecule has 1 unspecified atom stereocenters. The van der Waals surface area contributed by atoms with Crippen LogP contribution < -0.4 is 5.32 Å². The fourth-order valence-corrected chi connectivity index (χ4v) is 4.21. The number of aryl methyl sites for hydroxylation is 1. The zero-order valence-corrected chi connectivity index (χ0v) is 12.8. The molecule has 1 aliphatic rings. The first-order chi connectivity index (χ1) is 9.69. The van der Waals surface area contributed by atoms with Gasteiger partial charge in [0, 0.05) is 16.5 Å². The summed E-state index contributed by atoms with van der Waals surface area (Å²) in [6.07, 6.45) is 3.33. The molecule has 0 saturated carbocycles. The van der Waals surface area contributed by atoms with E-state index in [1.54, 1.807) is 17.4 Å². The average Bonchev–Trinajstić information content (AvgIpc) is 2.83. The molecule has 3 rings (SSSR count). The Morgan fingerprint density at radius 2 is 2.35 bits per heavy atom. The van der Waals surface area contributed by atoms with Crippen molar-refractivity contribution in [1.29, 1.82) is 0 Å². The van der Waals surface area contributed by atoms with Crippen molar-refractivity contribution in [3.05, 3.63) is 39.6 Å². The lowest BCUT2D eigenvalue weighted by Crippen LogP contribution is -2.23. The van der Waals surface area contributed by atoms with Gasteiger partial charge in [-0.3, -0.25) is 0 Å². The molecule has 0 spiro atoms. The molecule has 2 nitrogen and oxygen atoms in total. The highest BCUT2D eigenvalue weighted by atomic mass is 35.5. The van der Waals surface area contributed by atoms with Gasteiger partial charge in [0.2, 0.25) is 0 Å². The minimum atomic E-state index is -0.314. The predicted octanol–water partition coefficient (Wildman–Crippen LogP) is 4.59. The Balaban J connectivity index is 2.00. The molecule has 1 aromatic carbocycles. The molecule has 1 aromatic heterocycles. The van der Waals surface area contributed by atoms with Crippen LogP contribution in [0.15, 0.2) is 18.2 Å². The van der Waals surface area contributed by atoms with Gasteiger partial charge in [0.05, 0.1) is 10.7 Å². The molecular formula is C15H16ClFN2S. The van der Waals surface area contributed by atoms with Crippen LogP contribution in [0.5, 0.6) is 0 Å². The summed E-state index contributed by atoms with van der Waals surface area (Å²) in [5, 5.41) is 4.83. The quantitative estimate of drug-likeness (QED) is 0.897. The molecule has 0 amide bonds. The molecule has 1 N–H and O–H groups in total. The number of hydrogen-bond acceptors (Lipinski definition) is 3. The molecule has 106 valence electrons. The van der Waals surface area contributed by atoms with E-state index < -0.39 is 0 Å². The van der Waals surface area contributed by atoms with Crippen LogP contribution in [0.4, 0.5) is 4.39 Å². The highest BCUT2D eigenvalue weighted by Gasteiger charge is 2.24. The van der Waals surface area contributed by atoms with Crippen molar-refractivity contribution >= 4 is 22.9 Å².